The third-order valence-electron chi connectivity index (χ3n) is 3.25. The van der Waals surface area contributed by atoms with Crippen LogP contribution in [-0.4, -0.2) is 34.2 Å². The van der Waals surface area contributed by atoms with Crippen LogP contribution < -0.4 is 5.32 Å². The highest BCUT2D eigenvalue weighted by molar-refractivity contribution is 5.85. The SMILES string of the molecule is CC(C)[C@H](NC(=O)[C@@H]1CCC[C@H](O)C1)C(=O)O. The molecule has 1 aliphatic rings. The first-order valence-corrected chi connectivity index (χ1v) is 6.13. The fraction of sp³-hybridized carbons (Fsp3) is 0.833. The predicted octanol–water partition coefficient (Wildman–Crippen LogP) is 0.763. The molecule has 0 aromatic rings. The third-order valence-corrected chi connectivity index (χ3v) is 3.25. The molecule has 5 heteroatoms. The van der Waals surface area contributed by atoms with Gasteiger partial charge in [-0.2, -0.15) is 0 Å². The summed E-state index contributed by atoms with van der Waals surface area (Å²) in [5.41, 5.74) is 0. The highest BCUT2D eigenvalue weighted by Crippen LogP contribution is 2.24. The highest BCUT2D eigenvalue weighted by Gasteiger charge is 2.30. The second-order valence-electron chi connectivity index (χ2n) is 5.09. The Morgan fingerprint density at radius 2 is 1.94 bits per heavy atom. The molecule has 1 rings (SSSR count). The van der Waals surface area contributed by atoms with E-state index in [1.54, 1.807) is 13.8 Å². The van der Waals surface area contributed by atoms with Crippen molar-refractivity contribution < 1.29 is 19.8 Å². The minimum absolute atomic E-state index is 0.148. The van der Waals surface area contributed by atoms with Gasteiger partial charge in [0.2, 0.25) is 5.91 Å². The zero-order valence-electron chi connectivity index (χ0n) is 10.3. The van der Waals surface area contributed by atoms with E-state index < -0.39 is 18.1 Å². The molecule has 5 nitrogen and oxygen atoms in total. The van der Waals surface area contributed by atoms with E-state index >= 15 is 0 Å². The molecule has 0 aliphatic heterocycles. The third kappa shape index (κ3) is 4.00. The predicted molar refractivity (Wildman–Crippen MR) is 62.4 cm³/mol. The molecule has 1 amide bonds. The first-order chi connectivity index (χ1) is 7.91. The van der Waals surface area contributed by atoms with Crippen LogP contribution in [0.15, 0.2) is 0 Å². The smallest absolute Gasteiger partial charge is 0.326 e. The van der Waals surface area contributed by atoms with Gasteiger partial charge in [0.25, 0.3) is 0 Å². The van der Waals surface area contributed by atoms with E-state index in [2.05, 4.69) is 5.32 Å². The summed E-state index contributed by atoms with van der Waals surface area (Å²) in [4.78, 5) is 22.8. The Bertz CT molecular complexity index is 290. The van der Waals surface area contributed by atoms with Crippen molar-refractivity contribution in [3.05, 3.63) is 0 Å². The standard InChI is InChI=1S/C12H21NO4/c1-7(2)10(12(16)17)13-11(15)8-4-3-5-9(14)6-8/h7-10,14H,3-6H2,1-2H3,(H,13,15)(H,16,17)/t8-,9+,10+/m1/s1. The molecule has 0 unspecified atom stereocenters. The first kappa shape index (κ1) is 14.0. The highest BCUT2D eigenvalue weighted by atomic mass is 16.4. The number of amides is 1. The summed E-state index contributed by atoms with van der Waals surface area (Å²) in [5.74, 6) is -1.65. The molecule has 0 aromatic heterocycles. The molecule has 0 saturated heterocycles. The van der Waals surface area contributed by atoms with E-state index in [1.165, 1.54) is 0 Å². The Kier molecular flexibility index (Phi) is 4.93. The molecule has 0 bridgehead atoms. The van der Waals surface area contributed by atoms with Crippen LogP contribution in [0.2, 0.25) is 0 Å². The number of carboxylic acids is 1. The van der Waals surface area contributed by atoms with Crippen molar-refractivity contribution in [2.75, 3.05) is 0 Å². The van der Waals surface area contributed by atoms with Crippen LogP contribution in [0.1, 0.15) is 39.5 Å². The lowest BCUT2D eigenvalue weighted by molar-refractivity contribution is -0.144. The van der Waals surface area contributed by atoms with Crippen LogP contribution >= 0.6 is 0 Å². The maximum Gasteiger partial charge on any atom is 0.326 e. The lowest BCUT2D eigenvalue weighted by Crippen LogP contribution is -2.47. The number of aliphatic hydroxyl groups is 1. The van der Waals surface area contributed by atoms with Crippen LogP contribution in [0.5, 0.6) is 0 Å². The van der Waals surface area contributed by atoms with E-state index in [4.69, 9.17) is 5.11 Å². The van der Waals surface area contributed by atoms with Crippen LogP contribution in [0, 0.1) is 11.8 Å². The molecule has 17 heavy (non-hydrogen) atoms. The number of nitrogens with one attached hydrogen (secondary N) is 1. The summed E-state index contributed by atoms with van der Waals surface area (Å²) in [7, 11) is 0. The van der Waals surface area contributed by atoms with Crippen LogP contribution in [0.25, 0.3) is 0 Å². The van der Waals surface area contributed by atoms with Crippen molar-refractivity contribution in [2.45, 2.75) is 51.7 Å². The lowest BCUT2D eigenvalue weighted by atomic mass is 9.86. The van der Waals surface area contributed by atoms with Gasteiger partial charge in [-0.05, 0) is 25.2 Å². The summed E-state index contributed by atoms with van der Waals surface area (Å²) >= 11 is 0. The van der Waals surface area contributed by atoms with Crippen LogP contribution in [-0.2, 0) is 9.59 Å². The van der Waals surface area contributed by atoms with Crippen molar-refractivity contribution in [1.82, 2.24) is 5.32 Å². The average molecular weight is 243 g/mol. The van der Waals surface area contributed by atoms with Crippen molar-refractivity contribution in [3.8, 4) is 0 Å². The number of carbonyl (C=O) groups excluding carboxylic acids is 1. The van der Waals surface area contributed by atoms with E-state index in [9.17, 15) is 14.7 Å². The van der Waals surface area contributed by atoms with Gasteiger partial charge in [-0.15, -0.1) is 0 Å². The number of aliphatic carboxylic acids is 1. The van der Waals surface area contributed by atoms with Gasteiger partial charge < -0.3 is 15.5 Å². The van der Waals surface area contributed by atoms with Crippen molar-refractivity contribution >= 4 is 11.9 Å². The molecule has 0 heterocycles. The molecular weight excluding hydrogens is 222 g/mol. The lowest BCUT2D eigenvalue weighted by Gasteiger charge is -2.27. The Hall–Kier alpha value is -1.10. The van der Waals surface area contributed by atoms with Crippen molar-refractivity contribution in [3.63, 3.8) is 0 Å². The van der Waals surface area contributed by atoms with Gasteiger partial charge >= 0.3 is 5.97 Å². The molecule has 1 saturated carbocycles. The van der Waals surface area contributed by atoms with E-state index in [0.717, 1.165) is 19.3 Å². The first-order valence-electron chi connectivity index (χ1n) is 6.13. The van der Waals surface area contributed by atoms with Gasteiger partial charge in [0.15, 0.2) is 0 Å². The molecular formula is C12H21NO4. The zero-order valence-corrected chi connectivity index (χ0v) is 10.3. The van der Waals surface area contributed by atoms with Gasteiger partial charge in [0.1, 0.15) is 6.04 Å². The van der Waals surface area contributed by atoms with E-state index in [1.807, 2.05) is 0 Å². The maximum atomic E-state index is 11.9. The van der Waals surface area contributed by atoms with Gasteiger partial charge in [-0.1, -0.05) is 20.3 Å². The number of rotatable bonds is 4. The van der Waals surface area contributed by atoms with Gasteiger partial charge in [0.05, 0.1) is 6.10 Å². The average Bonchev–Trinajstić information content (AvgIpc) is 2.24. The quantitative estimate of drug-likeness (QED) is 0.680. The number of carbonyl (C=O) groups is 2. The summed E-state index contributed by atoms with van der Waals surface area (Å²) in [6.45, 7) is 3.52. The minimum Gasteiger partial charge on any atom is -0.480 e. The number of hydrogen-bond donors (Lipinski definition) is 3. The molecule has 1 fully saturated rings. The van der Waals surface area contributed by atoms with Crippen LogP contribution in [0.3, 0.4) is 0 Å². The van der Waals surface area contributed by atoms with Crippen molar-refractivity contribution in [1.29, 1.82) is 0 Å². The molecule has 1 aliphatic carbocycles. The minimum atomic E-state index is -1.01. The molecule has 3 atom stereocenters. The Balaban J connectivity index is 2.54. The molecule has 98 valence electrons. The summed E-state index contributed by atoms with van der Waals surface area (Å²) in [5, 5.41) is 21.0. The molecule has 3 N–H and O–H groups in total. The molecule has 0 radical (unpaired) electrons. The van der Waals surface area contributed by atoms with Gasteiger partial charge in [-0.3, -0.25) is 4.79 Å². The number of aliphatic hydroxyl groups excluding tert-OH is 1. The fourth-order valence-corrected chi connectivity index (χ4v) is 2.19. The van der Waals surface area contributed by atoms with Gasteiger partial charge in [0, 0.05) is 5.92 Å². The monoisotopic (exact) mass is 243 g/mol. The largest absolute Gasteiger partial charge is 0.480 e. The Morgan fingerprint density at radius 3 is 2.41 bits per heavy atom. The second-order valence-corrected chi connectivity index (χ2v) is 5.09. The summed E-state index contributed by atoms with van der Waals surface area (Å²) < 4.78 is 0. The summed E-state index contributed by atoms with van der Waals surface area (Å²) in [6.07, 6.45) is 2.29. The maximum absolute atomic E-state index is 11.9. The molecule has 0 spiro atoms. The summed E-state index contributed by atoms with van der Waals surface area (Å²) in [6, 6.07) is -0.846. The second kappa shape index (κ2) is 6.00. The number of hydrogen-bond acceptors (Lipinski definition) is 3. The Morgan fingerprint density at radius 1 is 1.29 bits per heavy atom. The van der Waals surface area contributed by atoms with E-state index in [0.29, 0.717) is 6.42 Å². The number of carboxylic acid groups (broad SMARTS) is 1. The van der Waals surface area contributed by atoms with Crippen LogP contribution in [0.4, 0.5) is 0 Å². The van der Waals surface area contributed by atoms with E-state index in [-0.39, 0.29) is 17.7 Å². The Labute approximate surface area is 101 Å². The normalized spacial score (nSPS) is 26.6. The topological polar surface area (TPSA) is 86.6 Å². The molecule has 0 aromatic carbocycles. The van der Waals surface area contributed by atoms with Crippen molar-refractivity contribution in [2.24, 2.45) is 11.8 Å². The zero-order chi connectivity index (χ0) is 13.0. The van der Waals surface area contributed by atoms with Gasteiger partial charge in [-0.25, -0.2) is 4.79 Å². The fourth-order valence-electron chi connectivity index (χ4n) is 2.19.